The van der Waals surface area contributed by atoms with Gasteiger partial charge < -0.3 is 10.6 Å². The lowest BCUT2D eigenvalue weighted by atomic mass is 9.90. The van der Waals surface area contributed by atoms with E-state index in [-0.39, 0.29) is 24.8 Å². The third kappa shape index (κ3) is 7.28. The fourth-order valence-electron chi connectivity index (χ4n) is 3.32. The maximum atomic E-state index is 3.77. The Hall–Kier alpha value is -0.580. The molecule has 0 radical (unpaired) electrons. The third-order valence-corrected chi connectivity index (χ3v) is 5.19. The maximum absolute atomic E-state index is 3.77. The Balaban J connectivity index is 0.00000156. The molecule has 0 saturated heterocycles. The molecule has 2 unspecified atom stereocenters. The maximum Gasteiger partial charge on any atom is 0.0224 e. The summed E-state index contributed by atoms with van der Waals surface area (Å²) in [7, 11) is 0. The molecule has 0 amide bonds. The van der Waals surface area contributed by atoms with Crippen molar-refractivity contribution in [1.29, 1.82) is 0 Å². The molecule has 2 atom stereocenters. The van der Waals surface area contributed by atoms with Gasteiger partial charge >= 0.3 is 0 Å². The van der Waals surface area contributed by atoms with Crippen LogP contribution < -0.4 is 10.6 Å². The predicted molar refractivity (Wildman–Crippen MR) is 115 cm³/mol. The Morgan fingerprint density at radius 3 is 1.72 bits per heavy atom. The first-order valence-electron chi connectivity index (χ1n) is 8.56. The topological polar surface area (TPSA) is 24.1 Å². The Kier molecular flexibility index (Phi) is 10.7. The van der Waals surface area contributed by atoms with Gasteiger partial charge in [-0.3, -0.25) is 0 Å². The van der Waals surface area contributed by atoms with Crippen molar-refractivity contribution in [3.8, 4) is 0 Å². The van der Waals surface area contributed by atoms with E-state index in [1.54, 1.807) is 0 Å². The molecule has 2 N–H and O–H groups in total. The molecule has 0 aliphatic heterocycles. The molecule has 0 bridgehead atoms. The Morgan fingerprint density at radius 2 is 1.20 bits per heavy atom. The third-order valence-electron chi connectivity index (χ3n) is 4.66. The van der Waals surface area contributed by atoms with Crippen LogP contribution in [0.5, 0.6) is 0 Å². The zero-order valence-corrected chi connectivity index (χ0v) is 17.5. The summed E-state index contributed by atoms with van der Waals surface area (Å²) < 4.78 is 1.14. The van der Waals surface area contributed by atoms with Gasteiger partial charge in [-0.05, 0) is 36.1 Å². The number of benzene rings is 2. The first-order valence-corrected chi connectivity index (χ1v) is 9.36. The minimum atomic E-state index is 0. The van der Waals surface area contributed by atoms with E-state index in [9.17, 15) is 0 Å². The highest BCUT2D eigenvalue weighted by atomic mass is 79.9. The van der Waals surface area contributed by atoms with Crippen LogP contribution in [0.15, 0.2) is 59.1 Å². The van der Waals surface area contributed by atoms with Crippen molar-refractivity contribution in [1.82, 2.24) is 10.6 Å². The smallest absolute Gasteiger partial charge is 0.0224 e. The zero-order chi connectivity index (χ0) is 15.9. The van der Waals surface area contributed by atoms with Crippen molar-refractivity contribution in [3.05, 3.63) is 70.2 Å². The van der Waals surface area contributed by atoms with Crippen molar-refractivity contribution < 1.29 is 0 Å². The van der Waals surface area contributed by atoms with Crippen LogP contribution in [0.3, 0.4) is 0 Å². The van der Waals surface area contributed by atoms with Gasteiger partial charge in [-0.15, -0.1) is 24.8 Å². The van der Waals surface area contributed by atoms with Gasteiger partial charge in [0.2, 0.25) is 0 Å². The summed E-state index contributed by atoms with van der Waals surface area (Å²) in [5.74, 6) is 0. The second-order valence-corrected chi connectivity index (χ2v) is 7.29. The minimum Gasteiger partial charge on any atom is -0.308 e. The van der Waals surface area contributed by atoms with Crippen molar-refractivity contribution in [2.45, 2.75) is 50.9 Å². The van der Waals surface area contributed by atoms with Crippen molar-refractivity contribution in [3.63, 3.8) is 0 Å². The number of rotatable bonds is 6. The van der Waals surface area contributed by atoms with Gasteiger partial charge in [-0.25, -0.2) is 0 Å². The summed E-state index contributed by atoms with van der Waals surface area (Å²) >= 11 is 3.50. The van der Waals surface area contributed by atoms with Crippen LogP contribution in [0.25, 0.3) is 0 Å². The molecule has 25 heavy (non-hydrogen) atoms. The molecule has 0 aromatic heterocycles. The largest absolute Gasteiger partial charge is 0.308 e. The van der Waals surface area contributed by atoms with Crippen molar-refractivity contribution in [2.24, 2.45) is 0 Å². The summed E-state index contributed by atoms with van der Waals surface area (Å²) in [6.07, 6.45) is 5.21. The molecule has 1 saturated carbocycles. The quantitative estimate of drug-likeness (QED) is 0.614. The fraction of sp³-hybridized carbons (Fsp3) is 0.400. The highest BCUT2D eigenvalue weighted by Gasteiger charge is 2.24. The molecular weight excluding hydrogens is 419 g/mol. The van der Waals surface area contributed by atoms with Crippen LogP contribution in [-0.4, -0.2) is 12.1 Å². The van der Waals surface area contributed by atoms with E-state index >= 15 is 0 Å². The molecule has 0 heterocycles. The number of hydrogen-bond acceptors (Lipinski definition) is 2. The van der Waals surface area contributed by atoms with Gasteiger partial charge in [0.25, 0.3) is 0 Å². The molecule has 5 heteroatoms. The van der Waals surface area contributed by atoms with Gasteiger partial charge in [-0.1, -0.05) is 71.2 Å². The predicted octanol–water partition coefficient (Wildman–Crippen LogP) is 5.48. The lowest BCUT2D eigenvalue weighted by Gasteiger charge is -2.33. The Bertz CT molecular complexity index is 592. The second-order valence-electron chi connectivity index (χ2n) is 6.37. The van der Waals surface area contributed by atoms with Crippen LogP contribution in [0.4, 0.5) is 0 Å². The molecule has 2 aromatic carbocycles. The standard InChI is InChI=1S/C20H25BrN2.2ClH/c21-18-12-10-17(11-13-18)15-23-20-9-5-4-8-19(20)22-14-16-6-2-1-3-7-16;;/h1-3,6-7,10-13,19-20,22-23H,4-5,8-9,14-15H2;2*1H. The first-order chi connectivity index (χ1) is 11.3. The Labute approximate surface area is 172 Å². The average molecular weight is 446 g/mol. The van der Waals surface area contributed by atoms with Crippen LogP contribution in [0.2, 0.25) is 0 Å². The van der Waals surface area contributed by atoms with Crippen LogP contribution in [-0.2, 0) is 13.1 Å². The van der Waals surface area contributed by atoms with E-state index in [0.29, 0.717) is 12.1 Å². The fourth-order valence-corrected chi connectivity index (χ4v) is 3.58. The molecule has 2 nitrogen and oxygen atoms in total. The summed E-state index contributed by atoms with van der Waals surface area (Å²) in [4.78, 5) is 0. The number of hydrogen-bond donors (Lipinski definition) is 2. The lowest BCUT2D eigenvalue weighted by molar-refractivity contribution is 0.281. The van der Waals surface area contributed by atoms with E-state index in [0.717, 1.165) is 17.6 Å². The van der Waals surface area contributed by atoms with Gasteiger partial charge in [0.1, 0.15) is 0 Å². The van der Waals surface area contributed by atoms with E-state index < -0.39 is 0 Å². The molecule has 0 spiro atoms. The van der Waals surface area contributed by atoms with E-state index in [1.165, 1.54) is 36.8 Å². The van der Waals surface area contributed by atoms with E-state index in [2.05, 4.69) is 81.2 Å². The van der Waals surface area contributed by atoms with E-state index in [1.807, 2.05) is 0 Å². The van der Waals surface area contributed by atoms with Crippen LogP contribution in [0.1, 0.15) is 36.8 Å². The SMILES string of the molecule is Brc1ccc(CNC2CCCCC2NCc2ccccc2)cc1.Cl.Cl. The summed E-state index contributed by atoms with van der Waals surface area (Å²) in [6.45, 7) is 1.91. The van der Waals surface area contributed by atoms with Gasteiger partial charge in [0, 0.05) is 29.6 Å². The lowest BCUT2D eigenvalue weighted by Crippen LogP contribution is -2.49. The molecule has 2 aromatic rings. The molecule has 1 aliphatic carbocycles. The molecule has 1 fully saturated rings. The molecule has 3 rings (SSSR count). The average Bonchev–Trinajstić information content (AvgIpc) is 2.61. The van der Waals surface area contributed by atoms with E-state index in [4.69, 9.17) is 0 Å². The zero-order valence-electron chi connectivity index (χ0n) is 14.3. The summed E-state index contributed by atoms with van der Waals surface area (Å²) in [5.41, 5.74) is 2.71. The highest BCUT2D eigenvalue weighted by Crippen LogP contribution is 2.20. The first kappa shape index (κ1) is 22.5. The second kappa shape index (κ2) is 11.9. The Morgan fingerprint density at radius 1 is 0.720 bits per heavy atom. The van der Waals surface area contributed by atoms with Crippen molar-refractivity contribution in [2.75, 3.05) is 0 Å². The molecular formula is C20H27BrCl2N2. The van der Waals surface area contributed by atoms with Gasteiger partial charge in [0.05, 0.1) is 0 Å². The summed E-state index contributed by atoms with van der Waals surface area (Å²) in [5, 5.41) is 7.53. The highest BCUT2D eigenvalue weighted by molar-refractivity contribution is 9.10. The molecule has 138 valence electrons. The number of nitrogens with one attached hydrogen (secondary N) is 2. The van der Waals surface area contributed by atoms with Gasteiger partial charge in [0.15, 0.2) is 0 Å². The van der Waals surface area contributed by atoms with Crippen LogP contribution >= 0.6 is 40.7 Å². The van der Waals surface area contributed by atoms with Gasteiger partial charge in [-0.2, -0.15) is 0 Å². The monoisotopic (exact) mass is 444 g/mol. The normalized spacial score (nSPS) is 19.6. The van der Waals surface area contributed by atoms with Crippen molar-refractivity contribution >= 4 is 40.7 Å². The molecule has 1 aliphatic rings. The minimum absolute atomic E-state index is 0. The number of halogens is 3. The van der Waals surface area contributed by atoms with Crippen LogP contribution in [0, 0.1) is 0 Å². The summed E-state index contributed by atoms with van der Waals surface area (Å²) in [6, 6.07) is 20.4.